The number of amides is 1. The normalized spacial score (nSPS) is 12.8. The predicted octanol–water partition coefficient (Wildman–Crippen LogP) is 1.48. The molecule has 0 unspecified atom stereocenters. The number of hydrogen-bond donors (Lipinski definition) is 0. The summed E-state index contributed by atoms with van der Waals surface area (Å²) in [5.41, 5.74) is 0. The third-order valence-electron chi connectivity index (χ3n) is 3.88. The van der Waals surface area contributed by atoms with Crippen molar-refractivity contribution in [3.8, 4) is 0 Å². The zero-order chi connectivity index (χ0) is 19.5. The van der Waals surface area contributed by atoms with Gasteiger partial charge >= 0.3 is 5.97 Å². The maximum atomic E-state index is 12.7. The zero-order valence-electron chi connectivity index (χ0n) is 15.2. The molecule has 2 aromatic carbocycles. The van der Waals surface area contributed by atoms with Gasteiger partial charge in [0.2, 0.25) is 10.0 Å². The lowest BCUT2D eigenvalue weighted by Crippen LogP contribution is -2.38. The molecular weight excluding hydrogens is 356 g/mol. The number of carbonyl (C=O) groups is 2. The average Bonchev–Trinajstić information content (AvgIpc) is 2.60. The predicted molar refractivity (Wildman–Crippen MR) is 98.0 cm³/mol. The van der Waals surface area contributed by atoms with Gasteiger partial charge in [0.05, 0.1) is 4.90 Å². The van der Waals surface area contributed by atoms with Crippen LogP contribution < -0.4 is 0 Å². The van der Waals surface area contributed by atoms with Gasteiger partial charge < -0.3 is 9.64 Å². The first-order chi connectivity index (χ1) is 12.1. The lowest BCUT2D eigenvalue weighted by atomic mass is 10.1. The van der Waals surface area contributed by atoms with Gasteiger partial charge in [0.25, 0.3) is 5.91 Å². The second-order valence-electron chi connectivity index (χ2n) is 6.13. The van der Waals surface area contributed by atoms with Crippen LogP contribution in [0.1, 0.15) is 6.92 Å². The summed E-state index contributed by atoms with van der Waals surface area (Å²) in [6.07, 6.45) is -0.978. The minimum Gasteiger partial charge on any atom is -0.452 e. The molecule has 0 aliphatic carbocycles. The highest BCUT2D eigenvalue weighted by molar-refractivity contribution is 7.89. The van der Waals surface area contributed by atoms with Crippen LogP contribution in [0.2, 0.25) is 0 Å². The number of esters is 1. The second-order valence-corrected chi connectivity index (χ2v) is 8.18. The van der Waals surface area contributed by atoms with E-state index >= 15 is 0 Å². The summed E-state index contributed by atoms with van der Waals surface area (Å²) in [6, 6.07) is 12.2. The largest absolute Gasteiger partial charge is 0.452 e. The summed E-state index contributed by atoms with van der Waals surface area (Å²) in [4.78, 5) is 25.1. The first-order valence-electron chi connectivity index (χ1n) is 7.98. The molecule has 7 nitrogen and oxygen atoms in total. The van der Waals surface area contributed by atoms with Crippen LogP contribution in [-0.2, 0) is 24.3 Å². The third kappa shape index (κ3) is 4.39. The van der Waals surface area contributed by atoms with Crippen LogP contribution >= 0.6 is 0 Å². The summed E-state index contributed by atoms with van der Waals surface area (Å²) >= 11 is 0. The van der Waals surface area contributed by atoms with Gasteiger partial charge in [-0.3, -0.25) is 9.59 Å². The van der Waals surface area contributed by atoms with Crippen LogP contribution in [0.15, 0.2) is 47.4 Å². The fourth-order valence-electron chi connectivity index (χ4n) is 2.42. The van der Waals surface area contributed by atoms with Crippen molar-refractivity contribution in [2.75, 3.05) is 27.7 Å². The first-order valence-corrected chi connectivity index (χ1v) is 9.42. The molecule has 26 heavy (non-hydrogen) atoms. The first kappa shape index (κ1) is 19.9. The third-order valence-corrected chi connectivity index (χ3v) is 5.68. The molecule has 0 bridgehead atoms. The van der Waals surface area contributed by atoms with Crippen molar-refractivity contribution >= 4 is 32.7 Å². The van der Waals surface area contributed by atoms with Gasteiger partial charge in [-0.1, -0.05) is 30.3 Å². The number of nitrogens with zero attached hydrogens (tertiary/aromatic N) is 2. The Morgan fingerprint density at radius 1 is 1.04 bits per heavy atom. The highest BCUT2D eigenvalue weighted by atomic mass is 32.2. The fraction of sp³-hybridized carbons (Fsp3) is 0.333. The minimum atomic E-state index is -3.86. The van der Waals surface area contributed by atoms with E-state index in [4.69, 9.17) is 4.74 Å². The molecule has 2 rings (SSSR count). The lowest BCUT2D eigenvalue weighted by molar-refractivity contribution is -0.157. The van der Waals surface area contributed by atoms with Crippen molar-refractivity contribution < 1.29 is 22.7 Å². The number of hydrogen-bond acceptors (Lipinski definition) is 5. The molecule has 2 aromatic rings. The molecule has 8 heteroatoms. The van der Waals surface area contributed by atoms with E-state index in [0.717, 1.165) is 15.1 Å². The number of likely N-dealkylation sites (N-methyl/N-ethyl adjacent to an activating group) is 2. The Labute approximate surface area is 153 Å². The Morgan fingerprint density at radius 2 is 1.65 bits per heavy atom. The minimum absolute atomic E-state index is 0.0870. The number of ether oxygens (including phenoxy) is 1. The molecule has 0 aromatic heterocycles. The quantitative estimate of drug-likeness (QED) is 0.711. The number of carbonyl (C=O) groups excluding carboxylic acids is 2. The molecule has 0 aliphatic heterocycles. The maximum absolute atomic E-state index is 12.7. The zero-order valence-corrected chi connectivity index (χ0v) is 16.0. The van der Waals surface area contributed by atoms with E-state index in [1.165, 1.54) is 24.9 Å². The van der Waals surface area contributed by atoms with Gasteiger partial charge in [0.15, 0.2) is 6.10 Å². The van der Waals surface area contributed by atoms with E-state index in [0.29, 0.717) is 0 Å². The summed E-state index contributed by atoms with van der Waals surface area (Å²) in [7, 11) is 0.524. The summed E-state index contributed by atoms with van der Waals surface area (Å²) in [5, 5.41) is 1.71. The second kappa shape index (κ2) is 7.84. The van der Waals surface area contributed by atoms with Crippen LogP contribution in [0.4, 0.5) is 0 Å². The molecule has 0 aliphatic rings. The summed E-state index contributed by atoms with van der Waals surface area (Å²) < 4.78 is 31.3. The molecule has 0 fully saturated rings. The molecule has 0 spiro atoms. The van der Waals surface area contributed by atoms with Crippen LogP contribution in [0.25, 0.3) is 10.8 Å². The molecule has 0 radical (unpaired) electrons. The number of rotatable bonds is 6. The van der Waals surface area contributed by atoms with Gasteiger partial charge in [-0.15, -0.1) is 0 Å². The molecule has 0 saturated carbocycles. The number of fused-ring (bicyclic) bond motifs is 1. The Kier molecular flexibility index (Phi) is 5.99. The monoisotopic (exact) mass is 378 g/mol. The molecule has 0 saturated heterocycles. The SMILES string of the molecule is C[C@@H](OC(=O)CN(C)S(=O)(=O)c1ccc2ccccc2c1)C(=O)N(C)C. The van der Waals surface area contributed by atoms with E-state index in [1.54, 1.807) is 26.2 Å². The molecule has 140 valence electrons. The number of sulfonamides is 1. The van der Waals surface area contributed by atoms with Crippen LogP contribution in [0, 0.1) is 0 Å². The Balaban J connectivity index is 2.12. The average molecular weight is 378 g/mol. The molecule has 1 atom stereocenters. The standard InChI is InChI=1S/C18H22N2O5S/c1-13(18(22)19(2)3)25-17(21)12-20(4)26(23,24)16-10-9-14-7-5-6-8-15(14)11-16/h5-11,13H,12H2,1-4H3/t13-/m1/s1. The van der Waals surface area contributed by atoms with Crippen molar-refractivity contribution in [1.82, 2.24) is 9.21 Å². The topological polar surface area (TPSA) is 84.0 Å². The van der Waals surface area contributed by atoms with Crippen molar-refractivity contribution in [1.29, 1.82) is 0 Å². The van der Waals surface area contributed by atoms with Crippen molar-refractivity contribution in [2.45, 2.75) is 17.9 Å². The molecule has 1 amide bonds. The van der Waals surface area contributed by atoms with E-state index in [2.05, 4.69) is 0 Å². The van der Waals surface area contributed by atoms with Crippen molar-refractivity contribution in [2.24, 2.45) is 0 Å². The summed E-state index contributed by atoms with van der Waals surface area (Å²) in [6.45, 7) is 0.957. The van der Waals surface area contributed by atoms with E-state index < -0.39 is 28.6 Å². The van der Waals surface area contributed by atoms with E-state index in [-0.39, 0.29) is 10.8 Å². The van der Waals surface area contributed by atoms with Crippen LogP contribution in [-0.4, -0.2) is 63.3 Å². The highest BCUT2D eigenvalue weighted by Crippen LogP contribution is 2.21. The van der Waals surface area contributed by atoms with Gasteiger partial charge in [0, 0.05) is 21.1 Å². The van der Waals surface area contributed by atoms with Crippen molar-refractivity contribution in [3.63, 3.8) is 0 Å². The fourth-order valence-corrected chi connectivity index (χ4v) is 3.57. The highest BCUT2D eigenvalue weighted by Gasteiger charge is 2.26. The molecular formula is C18H22N2O5S. The lowest BCUT2D eigenvalue weighted by Gasteiger charge is -2.20. The van der Waals surface area contributed by atoms with E-state index in [9.17, 15) is 18.0 Å². The summed E-state index contributed by atoms with van der Waals surface area (Å²) in [5.74, 6) is -1.17. The van der Waals surface area contributed by atoms with E-state index in [1.807, 2.05) is 24.3 Å². The number of benzene rings is 2. The Morgan fingerprint density at radius 3 is 2.27 bits per heavy atom. The molecule has 0 heterocycles. The van der Waals surface area contributed by atoms with Crippen LogP contribution in [0.3, 0.4) is 0 Å². The van der Waals surface area contributed by atoms with Gasteiger partial charge in [0.1, 0.15) is 6.54 Å². The Bertz CT molecular complexity index is 924. The van der Waals surface area contributed by atoms with Crippen molar-refractivity contribution in [3.05, 3.63) is 42.5 Å². The molecule has 0 N–H and O–H groups in total. The smallest absolute Gasteiger partial charge is 0.322 e. The maximum Gasteiger partial charge on any atom is 0.322 e. The van der Waals surface area contributed by atoms with Gasteiger partial charge in [-0.25, -0.2) is 8.42 Å². The van der Waals surface area contributed by atoms with Crippen LogP contribution in [0.5, 0.6) is 0 Å². The van der Waals surface area contributed by atoms with Gasteiger partial charge in [-0.05, 0) is 29.8 Å². The Hall–Kier alpha value is -2.45. The van der Waals surface area contributed by atoms with Gasteiger partial charge in [-0.2, -0.15) is 4.31 Å².